The second-order valence-corrected chi connectivity index (χ2v) is 6.77. The van der Waals surface area contributed by atoms with Crippen LogP contribution in [0.4, 0.5) is 5.95 Å². The molecule has 1 aliphatic rings. The third-order valence-electron chi connectivity index (χ3n) is 5.09. The molecule has 0 amide bonds. The molecule has 4 aromatic rings. The molecule has 0 saturated heterocycles. The van der Waals surface area contributed by atoms with E-state index in [0.29, 0.717) is 0 Å². The van der Waals surface area contributed by atoms with Crippen molar-refractivity contribution in [1.82, 2.24) is 24.3 Å². The first-order valence-corrected chi connectivity index (χ1v) is 9.29. The SMILES string of the molecule is C=C1C=CC(c2nn(CC)c3cccnc23)=CN1c1nc2ccccc2n1C. The Hall–Kier alpha value is -3.67. The number of hydrogen-bond donors (Lipinski definition) is 0. The fourth-order valence-corrected chi connectivity index (χ4v) is 3.65. The number of para-hydroxylation sites is 2. The maximum Gasteiger partial charge on any atom is 0.215 e. The van der Waals surface area contributed by atoms with Crippen LogP contribution in [-0.2, 0) is 13.6 Å². The zero-order valence-corrected chi connectivity index (χ0v) is 15.9. The average molecular weight is 368 g/mol. The standard InChI is InChI=1S/C22H20N6/c1-4-28-19-10-7-13-23-21(19)20(25-28)16-12-11-15(2)27(14-16)22-24-17-8-5-6-9-18(17)26(22)3/h5-14H,2,4H2,1,3H3. The molecule has 0 aliphatic carbocycles. The van der Waals surface area contributed by atoms with Gasteiger partial charge in [0.2, 0.25) is 5.95 Å². The Labute approximate surface area is 162 Å². The van der Waals surface area contributed by atoms with Gasteiger partial charge in [0.25, 0.3) is 0 Å². The van der Waals surface area contributed by atoms with Crippen molar-refractivity contribution >= 4 is 33.6 Å². The van der Waals surface area contributed by atoms with Gasteiger partial charge in [-0.15, -0.1) is 0 Å². The molecule has 0 spiro atoms. The van der Waals surface area contributed by atoms with Gasteiger partial charge in [0.15, 0.2) is 0 Å². The zero-order chi connectivity index (χ0) is 19.3. The Balaban J connectivity index is 1.67. The lowest BCUT2D eigenvalue weighted by atomic mass is 10.1. The van der Waals surface area contributed by atoms with E-state index in [1.54, 1.807) is 0 Å². The highest BCUT2D eigenvalue weighted by molar-refractivity contribution is 5.92. The smallest absolute Gasteiger partial charge is 0.215 e. The average Bonchev–Trinajstić information content (AvgIpc) is 3.27. The summed E-state index contributed by atoms with van der Waals surface area (Å²) < 4.78 is 4.06. The number of imidazole rings is 1. The lowest BCUT2D eigenvalue weighted by Gasteiger charge is -2.23. The van der Waals surface area contributed by atoms with Gasteiger partial charge in [-0.3, -0.25) is 14.6 Å². The van der Waals surface area contributed by atoms with E-state index in [1.165, 1.54) is 0 Å². The van der Waals surface area contributed by atoms with E-state index in [4.69, 9.17) is 10.1 Å². The first-order valence-electron chi connectivity index (χ1n) is 9.29. The Kier molecular flexibility index (Phi) is 3.65. The van der Waals surface area contributed by atoms with Gasteiger partial charge in [0.1, 0.15) is 11.2 Å². The Morgan fingerprint density at radius 2 is 1.86 bits per heavy atom. The maximum atomic E-state index is 4.81. The molecule has 5 rings (SSSR count). The first-order chi connectivity index (χ1) is 13.7. The molecule has 1 aliphatic heterocycles. The van der Waals surface area contributed by atoms with Gasteiger partial charge in [0.05, 0.1) is 16.6 Å². The van der Waals surface area contributed by atoms with Gasteiger partial charge >= 0.3 is 0 Å². The van der Waals surface area contributed by atoms with Crippen LogP contribution in [0.15, 0.2) is 73.2 Å². The van der Waals surface area contributed by atoms with Crippen LogP contribution in [0, 0.1) is 0 Å². The second-order valence-electron chi connectivity index (χ2n) is 6.77. The Morgan fingerprint density at radius 1 is 1.04 bits per heavy atom. The predicted molar refractivity (Wildman–Crippen MR) is 113 cm³/mol. The molecule has 0 atom stereocenters. The summed E-state index contributed by atoms with van der Waals surface area (Å²) in [6.07, 6.45) is 7.88. The van der Waals surface area contributed by atoms with E-state index < -0.39 is 0 Å². The van der Waals surface area contributed by atoms with Crippen molar-refractivity contribution in [3.63, 3.8) is 0 Å². The summed E-state index contributed by atoms with van der Waals surface area (Å²) in [5.74, 6) is 0.820. The minimum atomic E-state index is 0.792. The van der Waals surface area contributed by atoms with Crippen LogP contribution >= 0.6 is 0 Å². The fourth-order valence-electron chi connectivity index (χ4n) is 3.65. The van der Waals surface area contributed by atoms with Crippen molar-refractivity contribution in [3.8, 4) is 0 Å². The number of rotatable bonds is 3. The molecule has 3 aromatic heterocycles. The molecular formula is C22H20N6. The lowest BCUT2D eigenvalue weighted by molar-refractivity contribution is 0.681. The van der Waals surface area contributed by atoms with Gasteiger partial charge in [-0.05, 0) is 43.3 Å². The van der Waals surface area contributed by atoms with E-state index in [1.807, 2.05) is 65.4 Å². The van der Waals surface area contributed by atoms with Gasteiger partial charge in [-0.1, -0.05) is 18.7 Å². The van der Waals surface area contributed by atoms with Crippen molar-refractivity contribution in [2.45, 2.75) is 13.5 Å². The van der Waals surface area contributed by atoms with E-state index >= 15 is 0 Å². The number of aryl methyl sites for hydroxylation is 2. The number of fused-ring (bicyclic) bond motifs is 2. The number of aromatic nitrogens is 5. The largest absolute Gasteiger partial charge is 0.313 e. The first kappa shape index (κ1) is 16.5. The van der Waals surface area contributed by atoms with Crippen molar-refractivity contribution in [2.24, 2.45) is 7.05 Å². The highest BCUT2D eigenvalue weighted by Crippen LogP contribution is 2.31. The van der Waals surface area contributed by atoms with Crippen LogP contribution in [0.3, 0.4) is 0 Å². The second kappa shape index (κ2) is 6.20. The van der Waals surface area contributed by atoms with Gasteiger partial charge in [-0.25, -0.2) is 4.98 Å². The van der Waals surface area contributed by atoms with E-state index in [2.05, 4.69) is 35.2 Å². The molecule has 1 aromatic carbocycles. The molecule has 0 saturated carbocycles. The summed E-state index contributed by atoms with van der Waals surface area (Å²) in [6, 6.07) is 12.1. The van der Waals surface area contributed by atoms with Crippen molar-refractivity contribution in [1.29, 1.82) is 0 Å². The summed E-state index contributed by atoms with van der Waals surface area (Å²) in [4.78, 5) is 11.4. The van der Waals surface area contributed by atoms with Crippen LogP contribution in [-0.4, -0.2) is 24.3 Å². The Morgan fingerprint density at radius 3 is 2.68 bits per heavy atom. The van der Waals surface area contributed by atoms with Crippen LogP contribution in [0.2, 0.25) is 0 Å². The molecule has 0 N–H and O–H groups in total. The number of allylic oxidation sites excluding steroid dienone is 3. The van der Waals surface area contributed by atoms with E-state index in [0.717, 1.165) is 51.5 Å². The van der Waals surface area contributed by atoms with E-state index in [-0.39, 0.29) is 0 Å². The topological polar surface area (TPSA) is 51.8 Å². The van der Waals surface area contributed by atoms with Crippen LogP contribution < -0.4 is 4.90 Å². The quantitative estimate of drug-likeness (QED) is 0.542. The molecule has 138 valence electrons. The lowest BCUT2D eigenvalue weighted by Crippen LogP contribution is -2.20. The summed E-state index contributed by atoms with van der Waals surface area (Å²) >= 11 is 0. The number of pyridine rings is 1. The van der Waals surface area contributed by atoms with Crippen molar-refractivity contribution in [3.05, 3.63) is 78.9 Å². The number of anilines is 1. The van der Waals surface area contributed by atoms with Crippen LogP contribution in [0.25, 0.3) is 27.6 Å². The fraction of sp³-hybridized carbons (Fsp3) is 0.136. The van der Waals surface area contributed by atoms with Gasteiger partial charge < -0.3 is 4.57 Å². The highest BCUT2D eigenvalue weighted by atomic mass is 15.3. The monoisotopic (exact) mass is 368 g/mol. The van der Waals surface area contributed by atoms with Gasteiger partial charge in [-0.2, -0.15) is 5.10 Å². The van der Waals surface area contributed by atoms with Gasteiger partial charge in [0, 0.05) is 37.3 Å². The minimum absolute atomic E-state index is 0.792. The molecule has 4 heterocycles. The van der Waals surface area contributed by atoms with Crippen LogP contribution in [0.5, 0.6) is 0 Å². The van der Waals surface area contributed by atoms with Crippen molar-refractivity contribution in [2.75, 3.05) is 4.90 Å². The van der Waals surface area contributed by atoms with Crippen LogP contribution in [0.1, 0.15) is 12.6 Å². The molecule has 0 unspecified atom stereocenters. The molecule has 6 heteroatoms. The highest BCUT2D eigenvalue weighted by Gasteiger charge is 2.21. The molecule has 0 bridgehead atoms. The molecule has 0 radical (unpaired) electrons. The number of benzene rings is 1. The third-order valence-corrected chi connectivity index (χ3v) is 5.09. The molecule has 28 heavy (non-hydrogen) atoms. The summed E-state index contributed by atoms with van der Waals surface area (Å²) in [7, 11) is 2.02. The number of hydrogen-bond acceptors (Lipinski definition) is 4. The Bertz CT molecular complexity index is 1290. The normalized spacial score (nSPS) is 14.3. The number of nitrogens with zero attached hydrogens (tertiary/aromatic N) is 6. The van der Waals surface area contributed by atoms with E-state index in [9.17, 15) is 0 Å². The molecular weight excluding hydrogens is 348 g/mol. The summed E-state index contributed by atoms with van der Waals surface area (Å²) in [6.45, 7) is 7.07. The minimum Gasteiger partial charge on any atom is -0.313 e. The predicted octanol–water partition coefficient (Wildman–Crippen LogP) is 4.27. The maximum absolute atomic E-state index is 4.81. The molecule has 6 nitrogen and oxygen atoms in total. The summed E-state index contributed by atoms with van der Waals surface area (Å²) in [5.41, 5.74) is 6.68. The zero-order valence-electron chi connectivity index (χ0n) is 15.9. The van der Waals surface area contributed by atoms with Crippen molar-refractivity contribution < 1.29 is 0 Å². The molecule has 0 fully saturated rings. The summed E-state index contributed by atoms with van der Waals surface area (Å²) in [5, 5.41) is 4.80. The third kappa shape index (κ3) is 2.38.